The number of carbonyl (C=O) groups is 1. The number of nitrogens with one attached hydrogen (secondary N) is 1. The maximum Gasteiger partial charge on any atom is 0.271 e. The first-order valence-corrected chi connectivity index (χ1v) is 10.8. The summed E-state index contributed by atoms with van der Waals surface area (Å²) in [7, 11) is 0. The van der Waals surface area contributed by atoms with Crippen LogP contribution < -0.4 is 5.32 Å². The van der Waals surface area contributed by atoms with Crippen molar-refractivity contribution >= 4 is 29.0 Å². The Balaban J connectivity index is 1.37. The van der Waals surface area contributed by atoms with Crippen molar-refractivity contribution < 1.29 is 4.79 Å². The van der Waals surface area contributed by atoms with Gasteiger partial charge in [-0.2, -0.15) is 11.8 Å². The Kier molecular flexibility index (Phi) is 5.10. The molecule has 2 aliphatic heterocycles. The third-order valence-electron chi connectivity index (χ3n) is 4.88. The lowest BCUT2D eigenvalue weighted by molar-refractivity contribution is 0.0936. The van der Waals surface area contributed by atoms with E-state index in [9.17, 15) is 4.79 Å². The number of thioether (sulfide) groups is 1. The van der Waals surface area contributed by atoms with E-state index in [0.717, 1.165) is 62.0 Å². The van der Waals surface area contributed by atoms with Gasteiger partial charge in [-0.1, -0.05) is 0 Å². The summed E-state index contributed by atoms with van der Waals surface area (Å²) in [6.07, 6.45) is 3.87. The Bertz CT molecular complexity index is 725. The number of amides is 1. The second kappa shape index (κ2) is 7.47. The predicted octanol–water partition coefficient (Wildman–Crippen LogP) is 1.94. The number of fused-ring (bicyclic) bond motifs is 1. The molecule has 0 saturated carbocycles. The Labute approximate surface area is 156 Å². The van der Waals surface area contributed by atoms with Crippen molar-refractivity contribution in [3.63, 3.8) is 0 Å². The van der Waals surface area contributed by atoms with Crippen molar-refractivity contribution in [2.45, 2.75) is 38.9 Å². The van der Waals surface area contributed by atoms with Crippen LogP contribution in [0.3, 0.4) is 0 Å². The topological polar surface area (TPSA) is 63.1 Å². The quantitative estimate of drug-likeness (QED) is 0.882. The monoisotopic (exact) mass is 377 g/mol. The van der Waals surface area contributed by atoms with Crippen molar-refractivity contribution in [1.29, 1.82) is 0 Å². The SMILES string of the molecule is Cc1ncsc1CN1CCc2nc(C(=O)NC3CCSC3)cn2CC1. The van der Waals surface area contributed by atoms with Crippen molar-refractivity contribution in [2.24, 2.45) is 0 Å². The molecule has 2 aromatic heterocycles. The van der Waals surface area contributed by atoms with Gasteiger partial charge in [-0.25, -0.2) is 9.97 Å². The standard InChI is InChI=1S/C17H23N5OS2/c1-12-15(25-11-18-12)9-21-4-2-16-20-14(8-22(16)6-5-21)17(23)19-13-3-7-24-10-13/h8,11,13H,2-7,9-10H2,1H3,(H,19,23). The zero-order valence-electron chi connectivity index (χ0n) is 14.4. The van der Waals surface area contributed by atoms with Crippen LogP contribution in [-0.4, -0.2) is 56.0 Å². The molecule has 1 amide bonds. The first-order valence-electron chi connectivity index (χ1n) is 8.75. The highest BCUT2D eigenvalue weighted by Crippen LogP contribution is 2.19. The molecular weight excluding hydrogens is 354 g/mol. The molecule has 0 aliphatic carbocycles. The molecule has 0 spiro atoms. The van der Waals surface area contributed by atoms with E-state index in [1.807, 2.05) is 23.5 Å². The van der Waals surface area contributed by atoms with Gasteiger partial charge in [0, 0.05) is 55.5 Å². The first kappa shape index (κ1) is 17.1. The first-order chi connectivity index (χ1) is 12.2. The molecule has 0 bridgehead atoms. The molecule has 1 N–H and O–H groups in total. The van der Waals surface area contributed by atoms with Gasteiger partial charge in [-0.3, -0.25) is 9.69 Å². The van der Waals surface area contributed by atoms with Gasteiger partial charge in [-0.15, -0.1) is 11.3 Å². The van der Waals surface area contributed by atoms with Gasteiger partial charge < -0.3 is 9.88 Å². The fraction of sp³-hybridized carbons (Fsp3) is 0.588. The van der Waals surface area contributed by atoms with Gasteiger partial charge in [0.2, 0.25) is 0 Å². The van der Waals surface area contributed by atoms with Gasteiger partial charge in [0.05, 0.1) is 11.2 Å². The molecule has 8 heteroatoms. The van der Waals surface area contributed by atoms with Crippen LogP contribution in [0.1, 0.15) is 33.3 Å². The predicted molar refractivity (Wildman–Crippen MR) is 101 cm³/mol. The largest absolute Gasteiger partial charge is 0.347 e. The maximum absolute atomic E-state index is 12.4. The van der Waals surface area contributed by atoms with E-state index < -0.39 is 0 Å². The van der Waals surface area contributed by atoms with Crippen LogP contribution in [0.25, 0.3) is 0 Å². The van der Waals surface area contributed by atoms with Crippen molar-refractivity contribution in [3.05, 3.63) is 33.8 Å². The van der Waals surface area contributed by atoms with Gasteiger partial charge in [-0.05, 0) is 19.1 Å². The van der Waals surface area contributed by atoms with Gasteiger partial charge in [0.15, 0.2) is 0 Å². The smallest absolute Gasteiger partial charge is 0.271 e. The summed E-state index contributed by atoms with van der Waals surface area (Å²) in [5.74, 6) is 3.16. The molecule has 1 fully saturated rings. The number of thiazole rings is 1. The minimum absolute atomic E-state index is 0.0229. The third kappa shape index (κ3) is 3.91. The van der Waals surface area contributed by atoms with E-state index in [0.29, 0.717) is 11.7 Å². The lowest BCUT2D eigenvalue weighted by atomic mass is 10.2. The van der Waals surface area contributed by atoms with Crippen LogP contribution in [0, 0.1) is 6.92 Å². The number of hydrogen-bond acceptors (Lipinski definition) is 6. The number of imidazole rings is 1. The molecule has 4 heterocycles. The summed E-state index contributed by atoms with van der Waals surface area (Å²) >= 11 is 3.63. The summed E-state index contributed by atoms with van der Waals surface area (Å²) in [6, 6.07) is 0.303. The fourth-order valence-corrected chi connectivity index (χ4v) is 5.29. The molecule has 1 unspecified atom stereocenters. The molecule has 0 radical (unpaired) electrons. The Morgan fingerprint density at radius 3 is 3.08 bits per heavy atom. The highest BCUT2D eigenvalue weighted by molar-refractivity contribution is 7.99. The minimum atomic E-state index is -0.0229. The molecule has 1 saturated heterocycles. The number of rotatable bonds is 4. The molecule has 6 nitrogen and oxygen atoms in total. The van der Waals surface area contributed by atoms with Crippen LogP contribution in [0.5, 0.6) is 0 Å². The average Bonchev–Trinajstić information content (AvgIpc) is 3.31. The number of carbonyl (C=O) groups excluding carboxylic acids is 1. The molecular formula is C17H23N5OS2. The number of hydrogen-bond donors (Lipinski definition) is 1. The van der Waals surface area contributed by atoms with Crippen LogP contribution >= 0.6 is 23.1 Å². The molecule has 0 aromatic carbocycles. The van der Waals surface area contributed by atoms with Crippen molar-refractivity contribution in [3.8, 4) is 0 Å². The molecule has 134 valence electrons. The lowest BCUT2D eigenvalue weighted by Gasteiger charge is -2.18. The van der Waals surface area contributed by atoms with E-state index in [1.54, 1.807) is 11.3 Å². The molecule has 1 atom stereocenters. The number of nitrogens with zero attached hydrogens (tertiary/aromatic N) is 4. The lowest BCUT2D eigenvalue weighted by Crippen LogP contribution is -2.34. The summed E-state index contributed by atoms with van der Waals surface area (Å²) < 4.78 is 2.15. The molecule has 25 heavy (non-hydrogen) atoms. The summed E-state index contributed by atoms with van der Waals surface area (Å²) in [4.78, 5) is 25.1. The van der Waals surface area contributed by atoms with E-state index >= 15 is 0 Å². The highest BCUT2D eigenvalue weighted by atomic mass is 32.2. The van der Waals surface area contributed by atoms with Crippen LogP contribution in [0.15, 0.2) is 11.7 Å². The van der Waals surface area contributed by atoms with E-state index in [-0.39, 0.29) is 5.91 Å². The fourth-order valence-electron chi connectivity index (χ4n) is 3.32. The van der Waals surface area contributed by atoms with E-state index in [1.165, 1.54) is 4.88 Å². The van der Waals surface area contributed by atoms with Crippen LogP contribution in [-0.2, 0) is 19.5 Å². The molecule has 2 aromatic rings. The normalized spacial score (nSPS) is 21.1. The van der Waals surface area contributed by atoms with Gasteiger partial charge in [0.1, 0.15) is 11.5 Å². The van der Waals surface area contributed by atoms with Crippen molar-refractivity contribution in [2.75, 3.05) is 24.6 Å². The second-order valence-corrected chi connectivity index (χ2v) is 8.75. The second-order valence-electron chi connectivity index (χ2n) is 6.66. The summed E-state index contributed by atoms with van der Waals surface area (Å²) in [6.45, 7) is 5.85. The summed E-state index contributed by atoms with van der Waals surface area (Å²) in [5.41, 5.74) is 3.62. The third-order valence-corrected chi connectivity index (χ3v) is 6.96. The molecule has 4 rings (SSSR count). The Morgan fingerprint density at radius 1 is 1.40 bits per heavy atom. The zero-order chi connectivity index (χ0) is 17.2. The summed E-state index contributed by atoms with van der Waals surface area (Å²) in [5, 5.41) is 3.11. The number of aryl methyl sites for hydroxylation is 1. The van der Waals surface area contributed by atoms with Gasteiger partial charge >= 0.3 is 0 Å². The van der Waals surface area contributed by atoms with Crippen molar-refractivity contribution in [1.82, 2.24) is 24.8 Å². The Hall–Kier alpha value is -1.38. The minimum Gasteiger partial charge on any atom is -0.347 e. The van der Waals surface area contributed by atoms with Crippen LogP contribution in [0.4, 0.5) is 0 Å². The maximum atomic E-state index is 12.4. The number of aromatic nitrogens is 3. The van der Waals surface area contributed by atoms with Gasteiger partial charge in [0.25, 0.3) is 5.91 Å². The average molecular weight is 378 g/mol. The van der Waals surface area contributed by atoms with E-state index in [2.05, 4.69) is 31.7 Å². The van der Waals surface area contributed by atoms with E-state index in [4.69, 9.17) is 0 Å². The highest BCUT2D eigenvalue weighted by Gasteiger charge is 2.22. The zero-order valence-corrected chi connectivity index (χ0v) is 16.0. The van der Waals surface area contributed by atoms with Crippen LogP contribution in [0.2, 0.25) is 0 Å². The molecule has 2 aliphatic rings. The Morgan fingerprint density at radius 2 is 2.32 bits per heavy atom.